The van der Waals surface area contributed by atoms with Gasteiger partial charge in [0.1, 0.15) is 17.5 Å². The molecular formula is C14H8Cl2F2N2. The first-order valence-corrected chi connectivity index (χ1v) is 6.69. The van der Waals surface area contributed by atoms with Crippen molar-refractivity contribution in [1.82, 2.24) is 9.55 Å². The van der Waals surface area contributed by atoms with Crippen LogP contribution >= 0.6 is 23.2 Å². The molecule has 2 nitrogen and oxygen atoms in total. The number of halogens is 4. The molecule has 0 bridgehead atoms. The molecule has 0 aliphatic carbocycles. The molecule has 0 fully saturated rings. The SMILES string of the molecule is Fc1ccc2c(c1)nc(CCl)n2-c1ccc(F)c(Cl)c1. The van der Waals surface area contributed by atoms with Crippen molar-refractivity contribution in [2.45, 2.75) is 5.88 Å². The minimum Gasteiger partial charge on any atom is -0.295 e. The van der Waals surface area contributed by atoms with Crippen LogP contribution in [0, 0.1) is 11.6 Å². The van der Waals surface area contributed by atoms with Crippen molar-refractivity contribution in [1.29, 1.82) is 0 Å². The van der Waals surface area contributed by atoms with Crippen LogP contribution in [-0.4, -0.2) is 9.55 Å². The maximum atomic E-state index is 13.3. The molecule has 0 aliphatic heterocycles. The van der Waals surface area contributed by atoms with Crippen LogP contribution in [0.1, 0.15) is 5.82 Å². The van der Waals surface area contributed by atoms with Crippen LogP contribution in [0.2, 0.25) is 5.02 Å². The van der Waals surface area contributed by atoms with Crippen LogP contribution in [0.25, 0.3) is 16.7 Å². The number of imidazole rings is 1. The third kappa shape index (κ3) is 2.15. The molecule has 0 saturated carbocycles. The highest BCUT2D eigenvalue weighted by atomic mass is 35.5. The Bertz CT molecular complexity index is 799. The van der Waals surface area contributed by atoms with E-state index in [1.54, 1.807) is 16.7 Å². The topological polar surface area (TPSA) is 17.8 Å². The van der Waals surface area contributed by atoms with Gasteiger partial charge in [0.05, 0.1) is 21.9 Å². The van der Waals surface area contributed by atoms with Crippen LogP contribution < -0.4 is 0 Å². The third-order valence-corrected chi connectivity index (χ3v) is 3.50. The van der Waals surface area contributed by atoms with E-state index in [2.05, 4.69) is 4.98 Å². The molecule has 3 aromatic rings. The monoisotopic (exact) mass is 312 g/mol. The van der Waals surface area contributed by atoms with Crippen molar-refractivity contribution in [2.75, 3.05) is 0 Å². The Morgan fingerprint density at radius 1 is 1.10 bits per heavy atom. The van der Waals surface area contributed by atoms with Crippen molar-refractivity contribution in [3.63, 3.8) is 0 Å². The summed E-state index contributed by atoms with van der Waals surface area (Å²) >= 11 is 11.7. The first-order valence-electron chi connectivity index (χ1n) is 5.78. The molecule has 1 aromatic heterocycles. The molecule has 0 saturated heterocycles. The zero-order valence-corrected chi connectivity index (χ0v) is 11.6. The van der Waals surface area contributed by atoms with Gasteiger partial charge in [-0.1, -0.05) is 11.6 Å². The number of hydrogen-bond acceptors (Lipinski definition) is 1. The van der Waals surface area contributed by atoms with Gasteiger partial charge in [-0.25, -0.2) is 13.8 Å². The van der Waals surface area contributed by atoms with Gasteiger partial charge in [0.15, 0.2) is 0 Å². The Morgan fingerprint density at radius 3 is 2.60 bits per heavy atom. The lowest BCUT2D eigenvalue weighted by atomic mass is 10.2. The second-order valence-corrected chi connectivity index (χ2v) is 4.90. The minimum atomic E-state index is -0.502. The van der Waals surface area contributed by atoms with Crippen LogP contribution in [0.3, 0.4) is 0 Å². The summed E-state index contributed by atoms with van der Waals surface area (Å²) in [6, 6.07) is 8.59. The zero-order valence-electron chi connectivity index (χ0n) is 10.1. The predicted octanol–water partition coefficient (Wildman–Crippen LogP) is 4.70. The standard InChI is InChI=1S/C14H8Cl2F2N2/c15-7-14-19-12-5-8(17)1-4-13(12)20(14)9-2-3-11(18)10(16)6-9/h1-6H,7H2. The summed E-state index contributed by atoms with van der Waals surface area (Å²) in [5.41, 5.74) is 1.80. The van der Waals surface area contributed by atoms with E-state index in [9.17, 15) is 8.78 Å². The molecule has 0 spiro atoms. The molecule has 0 aliphatic rings. The van der Waals surface area contributed by atoms with E-state index >= 15 is 0 Å². The first kappa shape index (κ1) is 13.3. The Morgan fingerprint density at radius 2 is 1.90 bits per heavy atom. The largest absolute Gasteiger partial charge is 0.295 e. The van der Waals surface area contributed by atoms with Crippen molar-refractivity contribution in [3.05, 3.63) is 58.9 Å². The van der Waals surface area contributed by atoms with Crippen LogP contribution in [0.4, 0.5) is 8.78 Å². The van der Waals surface area contributed by atoms with Gasteiger partial charge in [-0.3, -0.25) is 4.57 Å². The van der Waals surface area contributed by atoms with E-state index in [0.717, 1.165) is 0 Å². The van der Waals surface area contributed by atoms with Gasteiger partial charge >= 0.3 is 0 Å². The fourth-order valence-electron chi connectivity index (χ4n) is 2.11. The Balaban J connectivity index is 2.30. The van der Waals surface area contributed by atoms with Crippen LogP contribution in [0.15, 0.2) is 36.4 Å². The fraction of sp³-hybridized carbons (Fsp3) is 0.0714. The van der Waals surface area contributed by atoms with E-state index in [1.807, 2.05) is 0 Å². The lowest BCUT2D eigenvalue weighted by Gasteiger charge is -2.08. The molecule has 0 N–H and O–H groups in total. The maximum absolute atomic E-state index is 13.3. The fourth-order valence-corrected chi connectivity index (χ4v) is 2.46. The molecule has 102 valence electrons. The highest BCUT2D eigenvalue weighted by Gasteiger charge is 2.13. The maximum Gasteiger partial charge on any atom is 0.141 e. The van der Waals surface area contributed by atoms with Gasteiger partial charge < -0.3 is 0 Å². The highest BCUT2D eigenvalue weighted by Crippen LogP contribution is 2.26. The molecule has 3 rings (SSSR count). The average Bonchev–Trinajstić information content (AvgIpc) is 2.79. The second kappa shape index (κ2) is 5.04. The summed E-state index contributed by atoms with van der Waals surface area (Å²) in [6.07, 6.45) is 0. The number of benzene rings is 2. The number of nitrogens with zero attached hydrogens (tertiary/aromatic N) is 2. The summed E-state index contributed by atoms with van der Waals surface area (Å²) in [5.74, 6) is -0.195. The van der Waals surface area contributed by atoms with Gasteiger partial charge in [-0.15, -0.1) is 11.6 Å². The van der Waals surface area contributed by atoms with Gasteiger partial charge in [0.25, 0.3) is 0 Å². The van der Waals surface area contributed by atoms with Gasteiger partial charge in [0, 0.05) is 11.8 Å². The van der Waals surface area contributed by atoms with E-state index in [-0.39, 0.29) is 16.7 Å². The van der Waals surface area contributed by atoms with E-state index in [1.165, 1.54) is 24.3 Å². The number of rotatable bonds is 2. The zero-order chi connectivity index (χ0) is 14.3. The highest BCUT2D eigenvalue weighted by molar-refractivity contribution is 6.30. The van der Waals surface area contributed by atoms with Crippen molar-refractivity contribution in [2.24, 2.45) is 0 Å². The smallest absolute Gasteiger partial charge is 0.141 e. The minimum absolute atomic E-state index is 0.00647. The summed E-state index contributed by atoms with van der Waals surface area (Å²) in [6.45, 7) is 0. The summed E-state index contributed by atoms with van der Waals surface area (Å²) < 4.78 is 28.2. The second-order valence-electron chi connectivity index (χ2n) is 4.23. The van der Waals surface area contributed by atoms with Gasteiger partial charge in [-0.05, 0) is 30.3 Å². The number of alkyl halides is 1. The summed E-state index contributed by atoms with van der Waals surface area (Å²) in [7, 11) is 0. The van der Waals surface area contributed by atoms with Crippen LogP contribution in [0.5, 0.6) is 0 Å². The van der Waals surface area contributed by atoms with Gasteiger partial charge in [0.2, 0.25) is 0 Å². The van der Waals surface area contributed by atoms with Crippen molar-refractivity contribution < 1.29 is 8.78 Å². The van der Waals surface area contributed by atoms with E-state index in [0.29, 0.717) is 22.5 Å². The third-order valence-electron chi connectivity index (χ3n) is 2.97. The van der Waals surface area contributed by atoms with E-state index < -0.39 is 5.82 Å². The number of aromatic nitrogens is 2. The molecule has 0 atom stereocenters. The molecular weight excluding hydrogens is 305 g/mol. The van der Waals surface area contributed by atoms with Crippen molar-refractivity contribution >= 4 is 34.2 Å². The summed E-state index contributed by atoms with van der Waals surface area (Å²) in [5, 5.41) is 0.00647. The molecule has 2 aromatic carbocycles. The average molecular weight is 313 g/mol. The van der Waals surface area contributed by atoms with Crippen molar-refractivity contribution in [3.8, 4) is 5.69 Å². The number of hydrogen-bond donors (Lipinski definition) is 0. The Kier molecular flexibility index (Phi) is 3.36. The Labute approximate surface area is 123 Å². The molecule has 1 heterocycles. The number of fused-ring (bicyclic) bond motifs is 1. The molecule has 0 radical (unpaired) electrons. The molecule has 0 amide bonds. The lowest BCUT2D eigenvalue weighted by molar-refractivity contribution is 0.628. The molecule has 20 heavy (non-hydrogen) atoms. The lowest BCUT2D eigenvalue weighted by Crippen LogP contribution is -1.99. The van der Waals surface area contributed by atoms with Crippen LogP contribution in [-0.2, 0) is 5.88 Å². The van der Waals surface area contributed by atoms with Gasteiger partial charge in [-0.2, -0.15) is 0 Å². The molecule has 6 heteroatoms. The summed E-state index contributed by atoms with van der Waals surface area (Å²) in [4.78, 5) is 4.27. The first-order chi connectivity index (χ1) is 9.60. The van der Waals surface area contributed by atoms with E-state index in [4.69, 9.17) is 23.2 Å². The predicted molar refractivity (Wildman–Crippen MR) is 75.6 cm³/mol. The molecule has 0 unspecified atom stereocenters. The normalized spacial score (nSPS) is 11.2. The Hall–Kier alpha value is -1.65. The quantitative estimate of drug-likeness (QED) is 0.627.